The van der Waals surface area contributed by atoms with Crippen molar-refractivity contribution in [1.82, 2.24) is 15.1 Å². The van der Waals surface area contributed by atoms with E-state index in [0.29, 0.717) is 22.0 Å². The number of amides is 3. The summed E-state index contributed by atoms with van der Waals surface area (Å²) in [6.07, 6.45) is 1.66. The van der Waals surface area contributed by atoms with Gasteiger partial charge in [-0.3, -0.25) is 24.2 Å². The molecule has 2 aliphatic rings. The van der Waals surface area contributed by atoms with Crippen molar-refractivity contribution in [2.45, 2.75) is 20.4 Å². The van der Waals surface area contributed by atoms with Crippen molar-refractivity contribution in [3.8, 4) is 11.5 Å². The van der Waals surface area contributed by atoms with Crippen molar-refractivity contribution in [2.24, 2.45) is 0 Å². The maximum atomic E-state index is 12.7. The van der Waals surface area contributed by atoms with Gasteiger partial charge >= 0.3 is 0 Å². The van der Waals surface area contributed by atoms with Crippen LogP contribution < -0.4 is 14.8 Å². The lowest BCUT2D eigenvalue weighted by Crippen LogP contribution is -2.37. The number of thioether (sulfide) groups is 1. The molecule has 0 aliphatic carbocycles. The van der Waals surface area contributed by atoms with E-state index in [2.05, 4.69) is 24.1 Å². The van der Waals surface area contributed by atoms with E-state index < -0.39 is 0 Å². The van der Waals surface area contributed by atoms with Crippen LogP contribution in [0.3, 0.4) is 0 Å². The van der Waals surface area contributed by atoms with Gasteiger partial charge in [0.05, 0.1) is 4.91 Å². The van der Waals surface area contributed by atoms with Crippen molar-refractivity contribution < 1.29 is 23.9 Å². The zero-order valence-corrected chi connectivity index (χ0v) is 20.0. The Bertz CT molecular complexity index is 1110. The molecule has 0 spiro atoms. The number of imide groups is 1. The minimum Gasteiger partial charge on any atom is -0.454 e. The fraction of sp³-hybridized carbons (Fsp3) is 0.320. The van der Waals surface area contributed by atoms with Crippen LogP contribution in [0, 0.1) is 0 Å². The van der Waals surface area contributed by atoms with E-state index in [0.717, 1.165) is 47.4 Å². The van der Waals surface area contributed by atoms with Gasteiger partial charge in [0.2, 0.25) is 6.79 Å². The van der Waals surface area contributed by atoms with Gasteiger partial charge < -0.3 is 14.8 Å². The fourth-order valence-electron chi connectivity index (χ4n) is 3.70. The SMILES string of the molecule is CCN(CC)Cc1ccc(C(=O)NCCN2C(=O)S/C(=C\c3ccc4c(c3)OCO4)C2=O)cc1. The molecule has 0 aromatic heterocycles. The van der Waals surface area contributed by atoms with E-state index in [-0.39, 0.29) is 36.9 Å². The Morgan fingerprint density at radius 1 is 1.09 bits per heavy atom. The summed E-state index contributed by atoms with van der Waals surface area (Å²) in [4.78, 5) is 41.3. The van der Waals surface area contributed by atoms with E-state index in [4.69, 9.17) is 9.47 Å². The first-order valence-corrected chi connectivity index (χ1v) is 12.0. The number of benzene rings is 2. The Morgan fingerprint density at radius 3 is 2.56 bits per heavy atom. The largest absolute Gasteiger partial charge is 0.454 e. The molecule has 1 fully saturated rings. The summed E-state index contributed by atoms with van der Waals surface area (Å²) in [6.45, 7) is 7.47. The van der Waals surface area contributed by atoms with Crippen LogP contribution in [0.4, 0.5) is 4.79 Å². The summed E-state index contributed by atoms with van der Waals surface area (Å²) >= 11 is 0.885. The van der Waals surface area contributed by atoms with Crippen molar-refractivity contribution in [3.05, 3.63) is 64.1 Å². The average molecular weight is 482 g/mol. The first-order chi connectivity index (χ1) is 16.5. The molecule has 2 aromatic rings. The van der Waals surface area contributed by atoms with E-state index in [1.165, 1.54) is 0 Å². The highest BCUT2D eigenvalue weighted by Gasteiger charge is 2.34. The van der Waals surface area contributed by atoms with Crippen LogP contribution in [-0.4, -0.2) is 59.8 Å². The van der Waals surface area contributed by atoms with Gasteiger partial charge in [0.25, 0.3) is 17.1 Å². The summed E-state index contributed by atoms with van der Waals surface area (Å²) in [5.41, 5.74) is 2.43. The molecule has 34 heavy (non-hydrogen) atoms. The molecule has 0 radical (unpaired) electrons. The second-order valence-electron chi connectivity index (χ2n) is 7.86. The minimum atomic E-state index is -0.373. The third-order valence-corrected chi connectivity index (χ3v) is 6.61. The first kappa shape index (κ1) is 23.8. The summed E-state index contributed by atoms with van der Waals surface area (Å²) in [7, 11) is 0. The molecule has 4 rings (SSSR count). The minimum absolute atomic E-state index is 0.106. The molecule has 2 aromatic carbocycles. The predicted octanol–water partition coefficient (Wildman–Crippen LogP) is 3.72. The second kappa shape index (κ2) is 10.8. The Hall–Kier alpha value is -3.30. The third-order valence-electron chi connectivity index (χ3n) is 5.71. The first-order valence-electron chi connectivity index (χ1n) is 11.2. The van der Waals surface area contributed by atoms with Crippen molar-refractivity contribution >= 4 is 34.9 Å². The summed E-state index contributed by atoms with van der Waals surface area (Å²) in [5, 5.41) is 2.43. The topological polar surface area (TPSA) is 88.2 Å². The zero-order chi connectivity index (χ0) is 24.1. The van der Waals surface area contributed by atoms with E-state index in [1.54, 1.807) is 36.4 Å². The van der Waals surface area contributed by atoms with Gasteiger partial charge in [-0.15, -0.1) is 0 Å². The highest BCUT2D eigenvalue weighted by atomic mass is 32.2. The van der Waals surface area contributed by atoms with Crippen molar-refractivity contribution in [2.75, 3.05) is 33.0 Å². The maximum absolute atomic E-state index is 12.7. The van der Waals surface area contributed by atoms with Crippen LogP contribution in [0.5, 0.6) is 11.5 Å². The highest BCUT2D eigenvalue weighted by molar-refractivity contribution is 8.18. The lowest BCUT2D eigenvalue weighted by Gasteiger charge is -2.18. The lowest BCUT2D eigenvalue weighted by molar-refractivity contribution is -0.122. The maximum Gasteiger partial charge on any atom is 0.293 e. The highest BCUT2D eigenvalue weighted by Crippen LogP contribution is 2.36. The van der Waals surface area contributed by atoms with Crippen molar-refractivity contribution in [1.29, 1.82) is 0 Å². The summed E-state index contributed by atoms with van der Waals surface area (Å²) in [6, 6.07) is 12.8. The van der Waals surface area contributed by atoms with Crippen LogP contribution >= 0.6 is 11.8 Å². The van der Waals surface area contributed by atoms with E-state index in [1.807, 2.05) is 12.1 Å². The van der Waals surface area contributed by atoms with Crippen LogP contribution in [0.25, 0.3) is 6.08 Å². The third kappa shape index (κ3) is 5.43. The molecular weight excluding hydrogens is 454 g/mol. The van der Waals surface area contributed by atoms with Crippen molar-refractivity contribution in [3.63, 3.8) is 0 Å². The molecule has 2 heterocycles. The van der Waals surface area contributed by atoms with Gasteiger partial charge in [0.15, 0.2) is 11.5 Å². The number of ether oxygens (including phenoxy) is 2. The molecule has 2 aliphatic heterocycles. The number of hydrogen-bond donors (Lipinski definition) is 1. The monoisotopic (exact) mass is 481 g/mol. The molecule has 0 bridgehead atoms. The molecule has 1 saturated heterocycles. The number of nitrogens with one attached hydrogen (secondary N) is 1. The number of carbonyl (C=O) groups excluding carboxylic acids is 3. The van der Waals surface area contributed by atoms with Crippen LogP contribution in [0.15, 0.2) is 47.4 Å². The number of nitrogens with zero attached hydrogens (tertiary/aromatic N) is 2. The van der Waals surface area contributed by atoms with Gasteiger partial charge in [0, 0.05) is 25.2 Å². The van der Waals surface area contributed by atoms with Gasteiger partial charge in [-0.05, 0) is 66.3 Å². The molecular formula is C25H27N3O5S. The lowest BCUT2D eigenvalue weighted by atomic mass is 10.1. The fourth-order valence-corrected chi connectivity index (χ4v) is 4.56. The number of hydrogen-bond acceptors (Lipinski definition) is 7. The van der Waals surface area contributed by atoms with Gasteiger partial charge in [-0.1, -0.05) is 32.0 Å². The smallest absolute Gasteiger partial charge is 0.293 e. The van der Waals surface area contributed by atoms with Gasteiger partial charge in [-0.25, -0.2) is 0 Å². The van der Waals surface area contributed by atoms with Crippen LogP contribution in [-0.2, 0) is 11.3 Å². The van der Waals surface area contributed by atoms with Gasteiger partial charge in [0.1, 0.15) is 0 Å². The summed E-state index contributed by atoms with van der Waals surface area (Å²) in [5.74, 6) is 0.649. The zero-order valence-electron chi connectivity index (χ0n) is 19.2. The quantitative estimate of drug-likeness (QED) is 0.546. The summed E-state index contributed by atoms with van der Waals surface area (Å²) < 4.78 is 10.6. The molecule has 3 amide bonds. The number of carbonyl (C=O) groups is 3. The van der Waals surface area contributed by atoms with Gasteiger partial charge in [-0.2, -0.15) is 0 Å². The normalized spacial score (nSPS) is 16.1. The second-order valence-corrected chi connectivity index (χ2v) is 8.85. The molecule has 0 atom stereocenters. The number of rotatable bonds is 9. The molecule has 178 valence electrons. The van der Waals surface area contributed by atoms with E-state index in [9.17, 15) is 14.4 Å². The molecule has 0 saturated carbocycles. The standard InChI is InChI=1S/C25H27N3O5S/c1-3-27(4-2)15-17-5-8-19(9-6-17)23(29)26-11-12-28-24(30)22(34-25(28)31)14-18-7-10-20-21(13-18)33-16-32-20/h5-10,13-14H,3-4,11-12,15-16H2,1-2H3,(H,26,29)/b22-14-. The molecule has 0 unspecified atom stereocenters. The van der Waals surface area contributed by atoms with Crippen LogP contribution in [0.1, 0.15) is 35.3 Å². The number of fused-ring (bicyclic) bond motifs is 1. The molecule has 1 N–H and O–H groups in total. The Labute approximate surface area is 202 Å². The Balaban J connectivity index is 1.30. The van der Waals surface area contributed by atoms with Crippen LogP contribution in [0.2, 0.25) is 0 Å². The molecule has 8 nitrogen and oxygen atoms in total. The molecule has 9 heteroatoms. The predicted molar refractivity (Wildman–Crippen MR) is 131 cm³/mol. The average Bonchev–Trinajstić information content (AvgIpc) is 3.42. The Morgan fingerprint density at radius 2 is 1.82 bits per heavy atom. The Kier molecular flexibility index (Phi) is 7.54. The van der Waals surface area contributed by atoms with E-state index >= 15 is 0 Å².